The number of ether oxygens (including phenoxy) is 1. The van der Waals surface area contributed by atoms with Gasteiger partial charge in [0.25, 0.3) is 6.43 Å². The van der Waals surface area contributed by atoms with E-state index >= 15 is 0 Å². The number of halogens is 2. The number of alkyl halides is 2. The Labute approximate surface area is 202 Å². The van der Waals surface area contributed by atoms with Crippen molar-refractivity contribution in [3.05, 3.63) is 29.0 Å². The van der Waals surface area contributed by atoms with Crippen molar-refractivity contribution in [1.82, 2.24) is 25.1 Å². The molecule has 1 saturated carbocycles. The number of likely N-dealkylation sites (N-methyl/N-ethyl adjacent to an activating group) is 1. The van der Waals surface area contributed by atoms with E-state index in [-0.39, 0.29) is 23.0 Å². The Morgan fingerprint density at radius 1 is 1.31 bits per heavy atom. The summed E-state index contributed by atoms with van der Waals surface area (Å²) in [4.78, 5) is 24.5. The van der Waals surface area contributed by atoms with Gasteiger partial charge in [-0.15, -0.1) is 0 Å². The lowest BCUT2D eigenvalue weighted by Gasteiger charge is -2.33. The van der Waals surface area contributed by atoms with Crippen molar-refractivity contribution in [1.29, 1.82) is 0 Å². The number of aromatic amines is 2. The fraction of sp³-hybridized carbons (Fsp3) is 0.560. The first-order valence-electron chi connectivity index (χ1n) is 12.2. The topological polar surface area (TPSA) is 90.1 Å². The number of nitrogens with one attached hydrogen (secondary N) is 2. The molecule has 2 aliphatic carbocycles. The van der Waals surface area contributed by atoms with Crippen molar-refractivity contribution in [3.8, 4) is 11.5 Å². The van der Waals surface area contributed by atoms with Crippen LogP contribution in [0.3, 0.4) is 0 Å². The molecule has 2 fully saturated rings. The van der Waals surface area contributed by atoms with Gasteiger partial charge < -0.3 is 14.6 Å². The molecule has 3 aliphatic rings. The standard InChI is InChI=1S/C25H30F2N6O2/c1-13(33-4-6-35-7-5-33)24(34)32(3)15-9-17(22(26)27)20-18(10-15)28-23(29-20)21-16-8-14-11-25(14,2)12-19(16)30-31-21/h9-10,13-14,22H,4-8,11-12H2,1-3H3,(H,28,29)(H,30,31)/t13?,14-,25-/m1/s1. The van der Waals surface area contributed by atoms with E-state index in [1.165, 1.54) is 17.4 Å². The number of anilines is 1. The first-order chi connectivity index (χ1) is 16.7. The molecule has 3 atom stereocenters. The lowest BCUT2D eigenvalue weighted by molar-refractivity contribution is -0.124. The number of nitrogens with zero attached hydrogens (tertiary/aromatic N) is 4. The van der Waals surface area contributed by atoms with Gasteiger partial charge in [0.15, 0.2) is 5.82 Å². The minimum atomic E-state index is -2.72. The number of carbonyl (C=O) groups is 1. The molecule has 1 aliphatic heterocycles. The summed E-state index contributed by atoms with van der Waals surface area (Å²) in [6.07, 6.45) is 0.377. The number of imidazole rings is 1. The van der Waals surface area contributed by atoms with Crippen molar-refractivity contribution < 1.29 is 18.3 Å². The molecule has 1 unspecified atom stereocenters. The van der Waals surface area contributed by atoms with Crippen LogP contribution >= 0.6 is 0 Å². The molecule has 3 heterocycles. The van der Waals surface area contributed by atoms with E-state index < -0.39 is 6.43 Å². The Morgan fingerprint density at radius 2 is 2.09 bits per heavy atom. The fourth-order valence-corrected chi connectivity index (χ4v) is 5.78. The molecule has 35 heavy (non-hydrogen) atoms. The van der Waals surface area contributed by atoms with Crippen molar-refractivity contribution in [2.75, 3.05) is 38.3 Å². The summed E-state index contributed by atoms with van der Waals surface area (Å²) in [6.45, 7) is 6.63. The monoisotopic (exact) mass is 484 g/mol. The lowest BCUT2D eigenvalue weighted by atomic mass is 9.88. The van der Waals surface area contributed by atoms with E-state index in [9.17, 15) is 13.6 Å². The quantitative estimate of drug-likeness (QED) is 0.577. The smallest absolute Gasteiger partial charge is 0.266 e. The summed E-state index contributed by atoms with van der Waals surface area (Å²) in [5, 5.41) is 7.65. The van der Waals surface area contributed by atoms with Crippen LogP contribution in [0.15, 0.2) is 12.1 Å². The third kappa shape index (κ3) is 3.74. The highest BCUT2D eigenvalue weighted by Gasteiger charge is 2.53. The predicted molar refractivity (Wildman–Crippen MR) is 128 cm³/mol. The third-order valence-electron chi connectivity index (χ3n) is 8.26. The maximum Gasteiger partial charge on any atom is 0.266 e. The molecule has 1 saturated heterocycles. The Morgan fingerprint density at radius 3 is 2.83 bits per heavy atom. The lowest BCUT2D eigenvalue weighted by Crippen LogP contribution is -2.50. The largest absolute Gasteiger partial charge is 0.379 e. The molecule has 3 aromatic rings. The van der Waals surface area contributed by atoms with Crippen molar-refractivity contribution >= 4 is 22.6 Å². The zero-order chi connectivity index (χ0) is 24.5. The summed E-state index contributed by atoms with van der Waals surface area (Å²) < 4.78 is 33.6. The van der Waals surface area contributed by atoms with E-state index in [0.29, 0.717) is 60.4 Å². The van der Waals surface area contributed by atoms with Gasteiger partial charge in [0, 0.05) is 42.6 Å². The number of rotatable bonds is 5. The van der Waals surface area contributed by atoms with Crippen LogP contribution < -0.4 is 4.90 Å². The van der Waals surface area contributed by atoms with E-state index in [1.54, 1.807) is 13.1 Å². The second kappa shape index (κ2) is 8.09. The number of hydrogen-bond donors (Lipinski definition) is 2. The van der Waals surface area contributed by atoms with Gasteiger partial charge in [0.1, 0.15) is 5.69 Å². The second-order valence-corrected chi connectivity index (χ2v) is 10.5. The number of fused-ring (bicyclic) bond motifs is 3. The number of hydrogen-bond acceptors (Lipinski definition) is 5. The Bertz CT molecular complexity index is 1300. The Kier molecular flexibility index (Phi) is 5.23. The van der Waals surface area contributed by atoms with Gasteiger partial charge in [0.2, 0.25) is 5.91 Å². The summed E-state index contributed by atoms with van der Waals surface area (Å²) in [5.41, 5.74) is 4.22. The Hall–Kier alpha value is -2.85. The van der Waals surface area contributed by atoms with E-state index in [0.717, 1.165) is 24.1 Å². The van der Waals surface area contributed by atoms with Gasteiger partial charge in [-0.3, -0.25) is 14.8 Å². The predicted octanol–water partition coefficient (Wildman–Crippen LogP) is 3.70. The van der Waals surface area contributed by atoms with Crippen LogP contribution in [0.25, 0.3) is 22.6 Å². The molecule has 6 rings (SSSR count). The van der Waals surface area contributed by atoms with Gasteiger partial charge in [-0.25, -0.2) is 13.8 Å². The van der Waals surface area contributed by atoms with Crippen LogP contribution in [0.2, 0.25) is 0 Å². The van der Waals surface area contributed by atoms with Crippen molar-refractivity contribution in [3.63, 3.8) is 0 Å². The zero-order valence-electron chi connectivity index (χ0n) is 20.2. The molecule has 0 radical (unpaired) electrons. The third-order valence-corrected chi connectivity index (χ3v) is 8.26. The summed E-state index contributed by atoms with van der Waals surface area (Å²) in [5.74, 6) is 0.972. The van der Waals surface area contributed by atoms with Crippen LogP contribution in [0.4, 0.5) is 14.5 Å². The van der Waals surface area contributed by atoms with E-state index in [2.05, 4.69) is 27.1 Å². The fourth-order valence-electron chi connectivity index (χ4n) is 5.78. The van der Waals surface area contributed by atoms with Crippen LogP contribution in [-0.4, -0.2) is 70.4 Å². The minimum Gasteiger partial charge on any atom is -0.379 e. The minimum absolute atomic E-state index is 0.156. The van der Waals surface area contributed by atoms with Crippen LogP contribution in [0.5, 0.6) is 0 Å². The van der Waals surface area contributed by atoms with Gasteiger partial charge in [-0.05, 0) is 49.7 Å². The number of amides is 1. The van der Waals surface area contributed by atoms with Crippen molar-refractivity contribution in [2.24, 2.45) is 11.3 Å². The molecule has 186 valence electrons. The molecule has 0 spiro atoms. The maximum atomic E-state index is 14.1. The average Bonchev–Trinajstić information content (AvgIpc) is 3.15. The molecular weight excluding hydrogens is 454 g/mol. The number of H-pyrrole nitrogens is 2. The molecular formula is C25H30F2N6O2. The molecule has 2 aromatic heterocycles. The average molecular weight is 485 g/mol. The summed E-state index contributed by atoms with van der Waals surface area (Å²) in [7, 11) is 1.62. The molecule has 1 aromatic carbocycles. The number of morpholine rings is 1. The van der Waals surface area contributed by atoms with Gasteiger partial charge in [0.05, 0.1) is 30.3 Å². The summed E-state index contributed by atoms with van der Waals surface area (Å²) in [6, 6.07) is 2.70. The van der Waals surface area contributed by atoms with Crippen LogP contribution in [-0.2, 0) is 22.4 Å². The van der Waals surface area contributed by atoms with Crippen molar-refractivity contribution in [2.45, 2.75) is 45.6 Å². The normalized spacial score (nSPS) is 24.9. The van der Waals surface area contributed by atoms with Gasteiger partial charge in [-0.1, -0.05) is 6.92 Å². The SMILES string of the molecule is CC(C(=O)N(C)c1cc(C(F)F)c2[nH]c(-c3n[nH]c4c3C[C@@H]3C[C@]3(C)C4)nc2c1)N1CCOCC1. The molecule has 2 N–H and O–H groups in total. The Balaban J connectivity index is 1.34. The molecule has 10 heteroatoms. The summed E-state index contributed by atoms with van der Waals surface area (Å²) >= 11 is 0. The first-order valence-corrected chi connectivity index (χ1v) is 12.2. The second-order valence-electron chi connectivity index (χ2n) is 10.5. The van der Waals surface area contributed by atoms with Gasteiger partial charge >= 0.3 is 0 Å². The number of carbonyl (C=O) groups excluding carboxylic acids is 1. The van der Waals surface area contributed by atoms with Gasteiger partial charge in [-0.2, -0.15) is 5.10 Å². The van der Waals surface area contributed by atoms with Crippen LogP contribution in [0.1, 0.15) is 43.5 Å². The number of benzene rings is 1. The molecule has 0 bridgehead atoms. The highest BCUT2D eigenvalue weighted by atomic mass is 19.3. The van der Waals surface area contributed by atoms with Crippen LogP contribution in [0, 0.1) is 11.3 Å². The highest BCUT2D eigenvalue weighted by Crippen LogP contribution is 2.59. The first kappa shape index (κ1) is 22.6. The number of aromatic nitrogens is 4. The maximum absolute atomic E-state index is 14.1. The molecule has 1 amide bonds. The van der Waals surface area contributed by atoms with E-state index in [1.807, 2.05) is 11.8 Å². The van der Waals surface area contributed by atoms with E-state index in [4.69, 9.17) is 4.74 Å². The zero-order valence-corrected chi connectivity index (χ0v) is 20.2. The molecule has 8 nitrogen and oxygen atoms in total. The highest BCUT2D eigenvalue weighted by molar-refractivity contribution is 5.98.